The molecule has 134 valence electrons. The van der Waals surface area contributed by atoms with Gasteiger partial charge in [-0.3, -0.25) is 4.79 Å². The highest BCUT2D eigenvalue weighted by molar-refractivity contribution is 9.10. The molecule has 1 atom stereocenters. The van der Waals surface area contributed by atoms with Crippen molar-refractivity contribution in [2.45, 2.75) is 32.7 Å². The van der Waals surface area contributed by atoms with Gasteiger partial charge in [0.15, 0.2) is 0 Å². The number of aryl methyl sites for hydroxylation is 1. The van der Waals surface area contributed by atoms with E-state index in [4.69, 9.17) is 4.42 Å². The highest BCUT2D eigenvalue weighted by Crippen LogP contribution is 2.23. The summed E-state index contributed by atoms with van der Waals surface area (Å²) in [5, 5.41) is 3.09. The molecule has 0 aliphatic rings. The predicted molar refractivity (Wildman–Crippen MR) is 106 cm³/mol. The topological polar surface area (TPSA) is 55.1 Å². The normalized spacial score (nSPS) is 12.0. The van der Waals surface area contributed by atoms with E-state index in [1.807, 2.05) is 61.5 Å². The zero-order chi connectivity index (χ0) is 18.5. The predicted octanol–water partition coefficient (Wildman–Crippen LogP) is 5.22. The molecule has 5 heteroatoms. The van der Waals surface area contributed by atoms with Crippen LogP contribution < -0.4 is 5.32 Å². The number of rotatable bonds is 6. The maximum atomic E-state index is 12.5. The Labute approximate surface area is 161 Å². The van der Waals surface area contributed by atoms with E-state index in [1.165, 1.54) is 0 Å². The SMILES string of the molecule is CC[C@@H](NC(=O)Cc1nc(-c2ccccc2)oc1C)c1ccc(Br)cc1. The van der Waals surface area contributed by atoms with E-state index in [2.05, 4.69) is 33.2 Å². The number of hydrogen-bond donors (Lipinski definition) is 1. The third-order valence-electron chi connectivity index (χ3n) is 4.26. The fourth-order valence-electron chi connectivity index (χ4n) is 2.81. The summed E-state index contributed by atoms with van der Waals surface area (Å²) in [7, 11) is 0. The first-order valence-corrected chi connectivity index (χ1v) is 9.42. The third kappa shape index (κ3) is 4.41. The minimum absolute atomic E-state index is 0.0172. The van der Waals surface area contributed by atoms with Crippen LogP contribution >= 0.6 is 15.9 Å². The molecule has 0 radical (unpaired) electrons. The van der Waals surface area contributed by atoms with Gasteiger partial charge in [-0.15, -0.1) is 0 Å². The van der Waals surface area contributed by atoms with Gasteiger partial charge in [0.1, 0.15) is 5.76 Å². The second-order valence-corrected chi connectivity index (χ2v) is 7.06. The van der Waals surface area contributed by atoms with E-state index >= 15 is 0 Å². The third-order valence-corrected chi connectivity index (χ3v) is 4.79. The first-order valence-electron chi connectivity index (χ1n) is 8.63. The summed E-state index contributed by atoms with van der Waals surface area (Å²) in [5.74, 6) is 1.16. The molecule has 0 unspecified atom stereocenters. The van der Waals surface area contributed by atoms with Crippen molar-refractivity contribution in [3.8, 4) is 11.5 Å². The van der Waals surface area contributed by atoms with Crippen molar-refractivity contribution in [3.05, 3.63) is 76.1 Å². The number of nitrogens with zero attached hydrogens (tertiary/aromatic N) is 1. The number of carbonyl (C=O) groups excluding carboxylic acids is 1. The van der Waals surface area contributed by atoms with Crippen molar-refractivity contribution < 1.29 is 9.21 Å². The molecule has 2 aromatic carbocycles. The molecule has 0 spiro atoms. The fraction of sp³-hybridized carbons (Fsp3) is 0.238. The Morgan fingerprint density at radius 2 is 1.85 bits per heavy atom. The van der Waals surface area contributed by atoms with Crippen LogP contribution in [0, 0.1) is 6.92 Å². The molecule has 0 bridgehead atoms. The van der Waals surface area contributed by atoms with Crippen LogP contribution in [-0.4, -0.2) is 10.9 Å². The minimum atomic E-state index is -0.0595. The molecule has 4 nitrogen and oxygen atoms in total. The van der Waals surface area contributed by atoms with Crippen molar-refractivity contribution in [3.63, 3.8) is 0 Å². The summed E-state index contributed by atoms with van der Waals surface area (Å²) in [5.41, 5.74) is 2.67. The lowest BCUT2D eigenvalue weighted by Crippen LogP contribution is -2.29. The lowest BCUT2D eigenvalue weighted by atomic mass is 10.0. The summed E-state index contributed by atoms with van der Waals surface area (Å²) in [6.45, 7) is 3.90. The van der Waals surface area contributed by atoms with Gasteiger partial charge in [0.2, 0.25) is 11.8 Å². The molecule has 1 N–H and O–H groups in total. The van der Waals surface area contributed by atoms with Crippen molar-refractivity contribution in [1.29, 1.82) is 0 Å². The van der Waals surface area contributed by atoms with E-state index < -0.39 is 0 Å². The number of hydrogen-bond acceptors (Lipinski definition) is 3. The number of aromatic nitrogens is 1. The molecule has 0 saturated heterocycles. The van der Waals surface area contributed by atoms with Gasteiger partial charge in [-0.1, -0.05) is 53.2 Å². The van der Waals surface area contributed by atoms with Crippen LogP contribution in [-0.2, 0) is 11.2 Å². The number of halogens is 1. The maximum Gasteiger partial charge on any atom is 0.226 e. The van der Waals surface area contributed by atoms with Gasteiger partial charge >= 0.3 is 0 Å². The molecule has 0 aliphatic heterocycles. The van der Waals surface area contributed by atoms with Crippen LogP contribution in [0.5, 0.6) is 0 Å². The van der Waals surface area contributed by atoms with E-state index in [-0.39, 0.29) is 18.4 Å². The molecule has 0 saturated carbocycles. The van der Waals surface area contributed by atoms with E-state index in [9.17, 15) is 4.79 Å². The highest BCUT2D eigenvalue weighted by Gasteiger charge is 2.17. The monoisotopic (exact) mass is 412 g/mol. The average molecular weight is 413 g/mol. The van der Waals surface area contributed by atoms with E-state index in [0.29, 0.717) is 17.3 Å². The maximum absolute atomic E-state index is 12.5. The molecule has 0 fully saturated rings. The number of nitrogens with one attached hydrogen (secondary N) is 1. The van der Waals surface area contributed by atoms with Crippen molar-refractivity contribution in [2.24, 2.45) is 0 Å². The molecular weight excluding hydrogens is 392 g/mol. The summed E-state index contributed by atoms with van der Waals surface area (Å²) in [6.07, 6.45) is 1.02. The van der Waals surface area contributed by atoms with Crippen LogP contribution in [0.25, 0.3) is 11.5 Å². The lowest BCUT2D eigenvalue weighted by molar-refractivity contribution is -0.121. The number of carbonyl (C=O) groups is 1. The highest BCUT2D eigenvalue weighted by atomic mass is 79.9. The Morgan fingerprint density at radius 3 is 2.50 bits per heavy atom. The Bertz CT molecular complexity index is 873. The first kappa shape index (κ1) is 18.4. The Hall–Kier alpha value is -2.40. The standard InChI is InChI=1S/C21H21BrN2O2/c1-3-18(15-9-11-17(22)12-10-15)23-20(25)13-19-14(2)26-21(24-19)16-7-5-4-6-8-16/h4-12,18H,3,13H2,1-2H3,(H,23,25)/t18-/m1/s1. The smallest absolute Gasteiger partial charge is 0.226 e. The summed E-state index contributed by atoms with van der Waals surface area (Å²) in [4.78, 5) is 17.0. The van der Waals surface area contributed by atoms with Crippen molar-refractivity contribution in [2.75, 3.05) is 0 Å². The molecule has 0 aliphatic carbocycles. The Morgan fingerprint density at radius 1 is 1.15 bits per heavy atom. The van der Waals surface area contributed by atoms with E-state index in [0.717, 1.165) is 22.0 Å². The number of oxazole rings is 1. The van der Waals surface area contributed by atoms with Crippen LogP contribution in [0.3, 0.4) is 0 Å². The quantitative estimate of drug-likeness (QED) is 0.603. The van der Waals surface area contributed by atoms with Crippen LogP contribution in [0.1, 0.15) is 36.4 Å². The molecule has 1 heterocycles. The van der Waals surface area contributed by atoms with Gasteiger partial charge in [0.05, 0.1) is 18.2 Å². The van der Waals surface area contributed by atoms with Crippen LogP contribution in [0.4, 0.5) is 0 Å². The molecular formula is C21H21BrN2O2. The lowest BCUT2D eigenvalue weighted by Gasteiger charge is -2.17. The average Bonchev–Trinajstić information content (AvgIpc) is 3.02. The first-order chi connectivity index (χ1) is 12.6. The van der Waals surface area contributed by atoms with Crippen molar-refractivity contribution in [1.82, 2.24) is 10.3 Å². The molecule has 1 aromatic heterocycles. The van der Waals surface area contributed by atoms with Gasteiger partial charge in [-0.25, -0.2) is 4.98 Å². The largest absolute Gasteiger partial charge is 0.441 e. The molecule has 26 heavy (non-hydrogen) atoms. The summed E-state index contributed by atoms with van der Waals surface area (Å²) >= 11 is 3.44. The summed E-state index contributed by atoms with van der Waals surface area (Å²) in [6, 6.07) is 17.7. The second kappa shape index (κ2) is 8.32. The Balaban J connectivity index is 1.69. The minimum Gasteiger partial charge on any atom is -0.441 e. The fourth-order valence-corrected chi connectivity index (χ4v) is 3.07. The number of amides is 1. The van der Waals surface area contributed by atoms with Gasteiger partial charge in [-0.2, -0.15) is 0 Å². The zero-order valence-corrected chi connectivity index (χ0v) is 16.4. The van der Waals surface area contributed by atoms with Gasteiger partial charge in [0.25, 0.3) is 0 Å². The number of benzene rings is 2. The van der Waals surface area contributed by atoms with E-state index in [1.54, 1.807) is 0 Å². The molecule has 1 amide bonds. The molecule has 3 rings (SSSR count). The Kier molecular flexibility index (Phi) is 5.89. The zero-order valence-electron chi connectivity index (χ0n) is 14.8. The van der Waals surface area contributed by atoms with Crippen LogP contribution in [0.15, 0.2) is 63.5 Å². The second-order valence-electron chi connectivity index (χ2n) is 6.14. The van der Waals surface area contributed by atoms with Gasteiger partial charge in [0, 0.05) is 10.0 Å². The van der Waals surface area contributed by atoms with Gasteiger partial charge in [-0.05, 0) is 43.2 Å². The summed E-state index contributed by atoms with van der Waals surface area (Å²) < 4.78 is 6.76. The van der Waals surface area contributed by atoms with Crippen molar-refractivity contribution >= 4 is 21.8 Å². The van der Waals surface area contributed by atoms with Crippen LogP contribution in [0.2, 0.25) is 0 Å². The molecule has 3 aromatic rings. The van der Waals surface area contributed by atoms with Gasteiger partial charge < -0.3 is 9.73 Å².